The Balaban J connectivity index is 2.74. The molecule has 0 fully saturated rings. The Labute approximate surface area is 133 Å². The van der Waals surface area contributed by atoms with Gasteiger partial charge in [-0.3, -0.25) is 0 Å². The summed E-state index contributed by atoms with van der Waals surface area (Å²) in [5, 5.41) is 5.02. The van der Waals surface area contributed by atoms with Crippen molar-refractivity contribution in [3.05, 3.63) is 16.3 Å². The second-order valence-corrected chi connectivity index (χ2v) is 8.48. The third kappa shape index (κ3) is 5.70. The van der Waals surface area contributed by atoms with E-state index in [1.807, 2.05) is 6.92 Å². The average molecular weight is 333 g/mol. The first-order chi connectivity index (χ1) is 9.80. The minimum atomic E-state index is -3.41. The van der Waals surface area contributed by atoms with Gasteiger partial charge in [0.2, 0.25) is 10.0 Å². The highest BCUT2D eigenvalue weighted by molar-refractivity contribution is 7.89. The molecule has 0 aliphatic carbocycles. The summed E-state index contributed by atoms with van der Waals surface area (Å²) in [5.41, 5.74) is 0. The normalized spacial score (nSPS) is 14.0. The van der Waals surface area contributed by atoms with Crippen molar-refractivity contribution in [1.29, 1.82) is 0 Å². The van der Waals surface area contributed by atoms with Crippen LogP contribution in [0.25, 0.3) is 0 Å². The van der Waals surface area contributed by atoms with Gasteiger partial charge in [-0.2, -0.15) is 0 Å². The van der Waals surface area contributed by atoms with E-state index in [1.54, 1.807) is 11.4 Å². The number of rotatable bonds is 9. The van der Waals surface area contributed by atoms with Gasteiger partial charge in [0.1, 0.15) is 0 Å². The van der Waals surface area contributed by atoms with Crippen LogP contribution < -0.4 is 10.0 Å². The third-order valence-electron chi connectivity index (χ3n) is 3.72. The molecule has 0 aromatic carbocycles. The summed E-state index contributed by atoms with van der Waals surface area (Å²) in [6, 6.07) is 2.12. The van der Waals surface area contributed by atoms with Crippen LogP contribution in [-0.2, 0) is 16.6 Å². The highest BCUT2D eigenvalue weighted by Crippen LogP contribution is 2.21. The highest BCUT2D eigenvalue weighted by Gasteiger charge is 2.22. The van der Waals surface area contributed by atoms with E-state index < -0.39 is 10.0 Å². The van der Waals surface area contributed by atoms with Crippen LogP contribution in [0.4, 0.5) is 0 Å². The Morgan fingerprint density at radius 2 is 1.81 bits per heavy atom. The van der Waals surface area contributed by atoms with Gasteiger partial charge in [0.05, 0.1) is 4.90 Å². The maximum Gasteiger partial charge on any atom is 0.241 e. The monoisotopic (exact) mass is 332 g/mol. The lowest BCUT2D eigenvalue weighted by Crippen LogP contribution is -2.37. The number of nitrogens with one attached hydrogen (secondary N) is 2. The lowest BCUT2D eigenvalue weighted by atomic mass is 9.96. The van der Waals surface area contributed by atoms with Gasteiger partial charge >= 0.3 is 0 Å². The van der Waals surface area contributed by atoms with E-state index in [9.17, 15) is 8.42 Å². The zero-order valence-corrected chi connectivity index (χ0v) is 15.3. The quantitative estimate of drug-likeness (QED) is 0.729. The van der Waals surface area contributed by atoms with Crippen molar-refractivity contribution in [2.75, 3.05) is 0 Å². The molecule has 0 spiro atoms. The van der Waals surface area contributed by atoms with E-state index in [-0.39, 0.29) is 6.04 Å². The molecule has 0 bridgehead atoms. The molecule has 0 amide bonds. The lowest BCUT2D eigenvalue weighted by molar-refractivity contribution is 0.391. The van der Waals surface area contributed by atoms with Crippen LogP contribution in [0.2, 0.25) is 0 Å². The summed E-state index contributed by atoms with van der Waals surface area (Å²) in [5.74, 6) is 0.375. The Kier molecular flexibility index (Phi) is 7.33. The summed E-state index contributed by atoms with van der Waals surface area (Å²) in [4.78, 5) is 1.42. The predicted molar refractivity (Wildman–Crippen MR) is 90.2 cm³/mol. The van der Waals surface area contributed by atoms with Gasteiger partial charge in [-0.15, -0.1) is 11.3 Å². The molecule has 0 aliphatic heterocycles. The molecule has 6 heteroatoms. The van der Waals surface area contributed by atoms with Crippen LogP contribution in [0, 0.1) is 5.92 Å². The van der Waals surface area contributed by atoms with Crippen LogP contribution in [0.5, 0.6) is 0 Å². The minimum Gasteiger partial charge on any atom is -0.310 e. The number of thiophene rings is 1. The van der Waals surface area contributed by atoms with E-state index in [0.717, 1.165) is 17.7 Å². The van der Waals surface area contributed by atoms with Crippen molar-refractivity contribution < 1.29 is 8.42 Å². The SMILES string of the molecule is CCC(CC)C(C)NS(=O)(=O)c1csc(CNC(C)C)c1. The second-order valence-electron chi connectivity index (χ2n) is 5.77. The summed E-state index contributed by atoms with van der Waals surface area (Å²) in [6.45, 7) is 11.0. The fraction of sp³-hybridized carbons (Fsp3) is 0.733. The minimum absolute atomic E-state index is 0.0397. The first-order valence-electron chi connectivity index (χ1n) is 7.63. The Morgan fingerprint density at radius 1 is 1.19 bits per heavy atom. The molecule has 1 rings (SSSR count). The Morgan fingerprint density at radius 3 is 2.33 bits per heavy atom. The first kappa shape index (κ1) is 18.6. The van der Waals surface area contributed by atoms with Crippen molar-refractivity contribution in [3.8, 4) is 0 Å². The molecule has 2 N–H and O–H groups in total. The maximum absolute atomic E-state index is 12.4. The third-order valence-corrected chi connectivity index (χ3v) is 6.35. The molecule has 0 radical (unpaired) electrons. The van der Waals surface area contributed by atoms with Crippen molar-refractivity contribution in [2.45, 2.75) is 71.0 Å². The second kappa shape index (κ2) is 8.27. The zero-order chi connectivity index (χ0) is 16.0. The van der Waals surface area contributed by atoms with Gasteiger partial charge < -0.3 is 5.32 Å². The van der Waals surface area contributed by atoms with Crippen molar-refractivity contribution in [2.24, 2.45) is 5.92 Å². The molecule has 1 heterocycles. The topological polar surface area (TPSA) is 58.2 Å². The van der Waals surface area contributed by atoms with Crippen LogP contribution in [0.1, 0.15) is 52.3 Å². The van der Waals surface area contributed by atoms with Gasteiger partial charge in [0, 0.05) is 28.9 Å². The van der Waals surface area contributed by atoms with Crippen LogP contribution >= 0.6 is 11.3 Å². The molecule has 4 nitrogen and oxygen atoms in total. The molecule has 1 unspecified atom stereocenters. The molecule has 1 aromatic rings. The van der Waals surface area contributed by atoms with Gasteiger partial charge in [0.15, 0.2) is 0 Å². The van der Waals surface area contributed by atoms with Crippen LogP contribution in [0.3, 0.4) is 0 Å². The number of sulfonamides is 1. The van der Waals surface area contributed by atoms with E-state index in [4.69, 9.17) is 0 Å². The van der Waals surface area contributed by atoms with Crippen molar-refractivity contribution in [3.63, 3.8) is 0 Å². The van der Waals surface area contributed by atoms with E-state index in [2.05, 4.69) is 37.7 Å². The molecular weight excluding hydrogens is 304 g/mol. The lowest BCUT2D eigenvalue weighted by Gasteiger charge is -2.22. The molecule has 0 aliphatic rings. The zero-order valence-electron chi connectivity index (χ0n) is 13.6. The van der Waals surface area contributed by atoms with Crippen molar-refractivity contribution >= 4 is 21.4 Å². The number of hydrogen-bond acceptors (Lipinski definition) is 4. The molecular formula is C15H28N2O2S2. The maximum atomic E-state index is 12.4. The molecule has 21 heavy (non-hydrogen) atoms. The van der Waals surface area contributed by atoms with E-state index in [1.165, 1.54) is 11.3 Å². The van der Waals surface area contributed by atoms with Gasteiger partial charge in [-0.25, -0.2) is 13.1 Å². The van der Waals surface area contributed by atoms with Gasteiger partial charge in [-0.05, 0) is 18.9 Å². The first-order valence-corrected chi connectivity index (χ1v) is 9.99. The van der Waals surface area contributed by atoms with E-state index in [0.29, 0.717) is 23.4 Å². The standard InChI is InChI=1S/C15H28N2O2S2/c1-6-13(7-2)12(5)17-21(18,19)15-8-14(20-10-15)9-16-11(3)4/h8,10-13,16-17H,6-7,9H2,1-5H3. The molecule has 0 saturated carbocycles. The van der Waals surface area contributed by atoms with E-state index >= 15 is 0 Å². The summed E-state index contributed by atoms with van der Waals surface area (Å²) < 4.78 is 27.6. The summed E-state index contributed by atoms with van der Waals surface area (Å²) >= 11 is 1.48. The average Bonchev–Trinajstić information content (AvgIpc) is 2.86. The molecule has 1 aromatic heterocycles. The smallest absolute Gasteiger partial charge is 0.241 e. The van der Waals surface area contributed by atoms with Gasteiger partial charge in [0.25, 0.3) is 0 Å². The Hall–Kier alpha value is -0.430. The van der Waals surface area contributed by atoms with Crippen LogP contribution in [-0.4, -0.2) is 20.5 Å². The van der Waals surface area contributed by atoms with Gasteiger partial charge in [-0.1, -0.05) is 40.5 Å². The molecule has 1 atom stereocenters. The van der Waals surface area contributed by atoms with Crippen molar-refractivity contribution in [1.82, 2.24) is 10.0 Å². The fourth-order valence-electron chi connectivity index (χ4n) is 2.30. The largest absolute Gasteiger partial charge is 0.310 e. The van der Waals surface area contributed by atoms with Crippen LogP contribution in [0.15, 0.2) is 16.3 Å². The fourth-order valence-corrected chi connectivity index (χ4v) is 4.84. The molecule has 122 valence electrons. The predicted octanol–water partition coefficient (Wildman–Crippen LogP) is 3.35. The summed E-state index contributed by atoms with van der Waals surface area (Å²) in [6.07, 6.45) is 1.96. The summed E-state index contributed by atoms with van der Waals surface area (Å²) in [7, 11) is -3.41. The molecule has 0 saturated heterocycles. The Bertz CT molecular complexity index is 520. The highest BCUT2D eigenvalue weighted by atomic mass is 32.2. The number of hydrogen-bond donors (Lipinski definition) is 2.